The predicted molar refractivity (Wildman–Crippen MR) is 157 cm³/mol. The van der Waals surface area contributed by atoms with Crippen LogP contribution in [-0.2, 0) is 16.8 Å². The lowest BCUT2D eigenvalue weighted by atomic mass is 9.53. The van der Waals surface area contributed by atoms with E-state index in [0.29, 0.717) is 11.6 Å². The lowest BCUT2D eigenvalue weighted by Gasteiger charge is -2.54. The number of rotatable bonds is 6. The normalized spacial score (nSPS) is 28.0. The van der Waals surface area contributed by atoms with Crippen LogP contribution >= 0.6 is 0 Å². The van der Waals surface area contributed by atoms with Crippen LogP contribution in [0, 0.1) is 17.8 Å². The van der Waals surface area contributed by atoms with Crippen LogP contribution in [0.15, 0.2) is 59.6 Å². The molecule has 4 fully saturated rings. The molecule has 40 heavy (non-hydrogen) atoms. The molecule has 8 heteroatoms. The second-order valence-corrected chi connectivity index (χ2v) is 13.0. The Morgan fingerprint density at radius 1 is 0.925 bits per heavy atom. The van der Waals surface area contributed by atoms with E-state index >= 15 is 0 Å². The molecule has 8 nitrogen and oxygen atoms in total. The van der Waals surface area contributed by atoms with E-state index in [1.54, 1.807) is 0 Å². The Morgan fingerprint density at radius 3 is 2.20 bits per heavy atom. The number of fused-ring (bicyclic) bond motifs is 1. The van der Waals surface area contributed by atoms with Crippen LogP contribution in [0.4, 0.5) is 17.3 Å². The van der Waals surface area contributed by atoms with Gasteiger partial charge in [-0.1, -0.05) is 32.0 Å². The van der Waals surface area contributed by atoms with E-state index in [1.807, 2.05) is 54.6 Å². The fraction of sp³-hybridized carbons (Fsp3) is 0.469. The number of benzene rings is 2. The summed E-state index contributed by atoms with van der Waals surface area (Å²) in [4.78, 5) is 16.7. The molecule has 1 aromatic heterocycles. The van der Waals surface area contributed by atoms with Gasteiger partial charge in [-0.2, -0.15) is 0 Å². The summed E-state index contributed by atoms with van der Waals surface area (Å²) in [5.41, 5.74) is 14.6. The van der Waals surface area contributed by atoms with Gasteiger partial charge in [-0.25, -0.2) is 15.0 Å². The Bertz CT molecular complexity index is 1400. The van der Waals surface area contributed by atoms with Crippen molar-refractivity contribution in [3.05, 3.63) is 66.0 Å². The second kappa shape index (κ2) is 9.39. The minimum absolute atomic E-state index is 0.0339. The van der Waals surface area contributed by atoms with Crippen molar-refractivity contribution >= 4 is 23.3 Å². The quantitative estimate of drug-likeness (QED) is 0.289. The SMILES string of the molecule is CC1(C)CN(c2ccc(Oc3ccccc3)cc2)c2nc(COC(N)=NC34CC5CC(CC(C5)C3)C4)nc(N)c21. The van der Waals surface area contributed by atoms with Crippen molar-refractivity contribution in [3.63, 3.8) is 0 Å². The maximum absolute atomic E-state index is 6.53. The molecule has 8 rings (SSSR count). The number of amidine groups is 1. The summed E-state index contributed by atoms with van der Waals surface area (Å²) in [6, 6.07) is 18.1. The monoisotopic (exact) mass is 538 g/mol. The third kappa shape index (κ3) is 4.63. The van der Waals surface area contributed by atoms with Crippen LogP contribution in [0.2, 0.25) is 0 Å². The van der Waals surface area contributed by atoms with Crippen molar-refractivity contribution in [2.45, 2.75) is 69.9 Å². The molecule has 0 saturated heterocycles. The predicted octanol–water partition coefficient (Wildman–Crippen LogP) is 6.08. The minimum atomic E-state index is -0.211. The molecule has 208 valence electrons. The number of para-hydroxylation sites is 1. The van der Waals surface area contributed by atoms with Gasteiger partial charge in [-0.05, 0) is 92.7 Å². The molecule has 4 N–H and O–H groups in total. The second-order valence-electron chi connectivity index (χ2n) is 13.0. The van der Waals surface area contributed by atoms with Gasteiger partial charge in [0.15, 0.2) is 12.4 Å². The molecule has 2 heterocycles. The summed E-state index contributed by atoms with van der Waals surface area (Å²) >= 11 is 0. The van der Waals surface area contributed by atoms with E-state index < -0.39 is 0 Å². The minimum Gasteiger partial charge on any atom is -0.457 e. The maximum Gasteiger partial charge on any atom is 0.282 e. The Hall–Kier alpha value is -3.81. The molecule has 0 radical (unpaired) electrons. The van der Waals surface area contributed by atoms with Crippen LogP contribution < -0.4 is 21.1 Å². The maximum atomic E-state index is 6.53. The summed E-state index contributed by atoms with van der Waals surface area (Å²) in [5.74, 6) is 5.79. The van der Waals surface area contributed by atoms with Crippen molar-refractivity contribution in [1.29, 1.82) is 0 Å². The van der Waals surface area contributed by atoms with Crippen molar-refractivity contribution in [3.8, 4) is 11.5 Å². The summed E-state index contributed by atoms with van der Waals surface area (Å²) in [6.45, 7) is 5.22. The Kier molecular flexibility index (Phi) is 5.91. The number of ether oxygens (including phenoxy) is 2. The highest BCUT2D eigenvalue weighted by molar-refractivity contribution is 5.74. The fourth-order valence-electron chi connectivity index (χ4n) is 8.11. The van der Waals surface area contributed by atoms with Gasteiger partial charge in [-0.3, -0.25) is 0 Å². The highest BCUT2D eigenvalue weighted by Crippen LogP contribution is 2.57. The molecular formula is C32H38N6O2. The average molecular weight is 539 g/mol. The number of hydrogen-bond acceptors (Lipinski definition) is 7. The molecule has 0 spiro atoms. The van der Waals surface area contributed by atoms with Gasteiger partial charge in [0, 0.05) is 23.2 Å². The number of nitrogens with zero attached hydrogens (tertiary/aromatic N) is 4. The highest BCUT2D eigenvalue weighted by Gasteiger charge is 2.51. The molecule has 4 aliphatic carbocycles. The largest absolute Gasteiger partial charge is 0.457 e. The number of nitrogens with two attached hydrogens (primary N) is 2. The van der Waals surface area contributed by atoms with Gasteiger partial charge >= 0.3 is 0 Å². The Morgan fingerprint density at radius 2 is 1.55 bits per heavy atom. The summed E-state index contributed by atoms with van der Waals surface area (Å²) in [6.07, 6.45) is 7.54. The fourth-order valence-corrected chi connectivity index (χ4v) is 8.11. The zero-order chi connectivity index (χ0) is 27.5. The smallest absolute Gasteiger partial charge is 0.282 e. The molecule has 0 amide bonds. The van der Waals surface area contributed by atoms with E-state index in [4.69, 9.17) is 30.9 Å². The molecule has 3 aromatic rings. The first-order valence-electron chi connectivity index (χ1n) is 14.5. The first-order valence-corrected chi connectivity index (χ1v) is 14.5. The van der Waals surface area contributed by atoms with Crippen LogP contribution in [-0.4, -0.2) is 28.1 Å². The molecule has 0 unspecified atom stereocenters. The van der Waals surface area contributed by atoms with Gasteiger partial charge in [0.25, 0.3) is 6.02 Å². The third-order valence-corrected chi connectivity index (χ3v) is 9.28. The third-order valence-electron chi connectivity index (χ3n) is 9.28. The molecular weight excluding hydrogens is 500 g/mol. The zero-order valence-corrected chi connectivity index (χ0v) is 23.3. The van der Waals surface area contributed by atoms with E-state index in [-0.39, 0.29) is 23.6 Å². The Labute approximate surface area is 235 Å². The summed E-state index contributed by atoms with van der Waals surface area (Å²) in [5, 5.41) is 0. The highest BCUT2D eigenvalue weighted by atomic mass is 16.5. The number of nitrogen functional groups attached to an aromatic ring is 1. The number of aliphatic imine (C=N–C) groups is 1. The zero-order valence-electron chi connectivity index (χ0n) is 23.3. The van der Waals surface area contributed by atoms with E-state index in [1.165, 1.54) is 19.3 Å². The van der Waals surface area contributed by atoms with Gasteiger partial charge in [0.05, 0.1) is 5.54 Å². The molecule has 4 saturated carbocycles. The van der Waals surface area contributed by atoms with Gasteiger partial charge < -0.3 is 25.8 Å². The summed E-state index contributed by atoms with van der Waals surface area (Å²) < 4.78 is 11.9. The molecule has 2 aromatic carbocycles. The number of hydrogen-bond donors (Lipinski definition) is 2. The number of anilines is 3. The van der Waals surface area contributed by atoms with Gasteiger partial charge in [0.1, 0.15) is 23.1 Å². The topological polar surface area (TPSA) is 112 Å². The standard InChI is InChI=1S/C32H38N6O2/c1-31(2)19-38(23-8-10-25(11-9-23)40-24-6-4-3-5-7-24)29-27(31)28(33)35-26(36-29)18-39-30(34)37-32-15-20-12-21(16-32)14-22(13-20)17-32/h3-11,20-22H,12-19H2,1-2H3,(H2,34,37)(H2,33,35,36). The van der Waals surface area contributed by atoms with Crippen LogP contribution in [0.1, 0.15) is 63.8 Å². The lowest BCUT2D eigenvalue weighted by molar-refractivity contribution is 0.000286. The first-order chi connectivity index (χ1) is 19.3. The molecule has 0 atom stereocenters. The van der Waals surface area contributed by atoms with Gasteiger partial charge in [0.2, 0.25) is 0 Å². The van der Waals surface area contributed by atoms with E-state index in [2.05, 4.69) is 23.7 Å². The summed E-state index contributed by atoms with van der Waals surface area (Å²) in [7, 11) is 0. The Balaban J connectivity index is 1.09. The average Bonchev–Trinajstić information content (AvgIpc) is 3.18. The van der Waals surface area contributed by atoms with Crippen molar-refractivity contribution in [2.24, 2.45) is 28.5 Å². The first kappa shape index (κ1) is 25.2. The van der Waals surface area contributed by atoms with E-state index in [0.717, 1.165) is 72.1 Å². The lowest BCUT2D eigenvalue weighted by Crippen LogP contribution is -2.50. The van der Waals surface area contributed by atoms with Gasteiger partial charge in [-0.15, -0.1) is 0 Å². The van der Waals surface area contributed by atoms with E-state index in [9.17, 15) is 0 Å². The number of aromatic nitrogens is 2. The van der Waals surface area contributed by atoms with Crippen LogP contribution in [0.3, 0.4) is 0 Å². The van der Waals surface area contributed by atoms with Crippen molar-refractivity contribution in [1.82, 2.24) is 9.97 Å². The van der Waals surface area contributed by atoms with Crippen LogP contribution in [0.5, 0.6) is 11.5 Å². The molecule has 4 bridgehead atoms. The molecule has 1 aliphatic heterocycles. The van der Waals surface area contributed by atoms with Crippen molar-refractivity contribution in [2.75, 3.05) is 17.2 Å². The van der Waals surface area contributed by atoms with Crippen LogP contribution in [0.25, 0.3) is 0 Å². The van der Waals surface area contributed by atoms with Crippen molar-refractivity contribution < 1.29 is 9.47 Å². The molecule has 5 aliphatic rings.